The third-order valence-electron chi connectivity index (χ3n) is 3.63. The van der Waals surface area contributed by atoms with Crippen LogP contribution < -0.4 is 4.90 Å². The highest BCUT2D eigenvalue weighted by atomic mass is 16.6. The van der Waals surface area contributed by atoms with Crippen molar-refractivity contribution in [1.29, 1.82) is 0 Å². The summed E-state index contributed by atoms with van der Waals surface area (Å²) in [6.07, 6.45) is 2.11. The molecule has 5 heteroatoms. The Morgan fingerprint density at radius 2 is 2.25 bits per heavy atom. The van der Waals surface area contributed by atoms with E-state index in [0.29, 0.717) is 6.04 Å². The van der Waals surface area contributed by atoms with E-state index in [9.17, 15) is 10.1 Å². The summed E-state index contributed by atoms with van der Waals surface area (Å²) in [7, 11) is 0. The predicted molar refractivity (Wildman–Crippen MR) is 79.3 cm³/mol. The maximum Gasteiger partial charge on any atom is 0.269 e. The SMILES string of the molecule is CC(C)OCCCN1c2ccc([N+](=O)[O-])cc2C[C@H]1C. The molecule has 1 aromatic carbocycles. The molecule has 5 nitrogen and oxygen atoms in total. The number of benzene rings is 1. The molecule has 0 aromatic heterocycles. The zero-order chi connectivity index (χ0) is 14.7. The largest absolute Gasteiger partial charge is 0.379 e. The highest BCUT2D eigenvalue weighted by molar-refractivity contribution is 5.62. The van der Waals surface area contributed by atoms with Crippen molar-refractivity contribution in [2.75, 3.05) is 18.1 Å². The molecule has 1 aliphatic heterocycles. The van der Waals surface area contributed by atoms with Crippen molar-refractivity contribution in [3.8, 4) is 0 Å². The van der Waals surface area contributed by atoms with E-state index in [2.05, 4.69) is 11.8 Å². The fourth-order valence-electron chi connectivity index (χ4n) is 2.69. The summed E-state index contributed by atoms with van der Waals surface area (Å²) in [6.45, 7) is 7.91. The Labute approximate surface area is 119 Å². The number of nitrogens with zero attached hydrogens (tertiary/aromatic N) is 2. The van der Waals surface area contributed by atoms with E-state index in [1.165, 1.54) is 0 Å². The molecule has 1 aliphatic rings. The van der Waals surface area contributed by atoms with Crippen LogP contribution in [0.15, 0.2) is 18.2 Å². The second-order valence-corrected chi connectivity index (χ2v) is 5.59. The molecule has 0 N–H and O–H groups in total. The molecule has 0 amide bonds. The van der Waals surface area contributed by atoms with Crippen LogP contribution in [-0.2, 0) is 11.2 Å². The van der Waals surface area contributed by atoms with E-state index in [1.54, 1.807) is 12.1 Å². The summed E-state index contributed by atoms with van der Waals surface area (Å²) < 4.78 is 5.56. The lowest BCUT2D eigenvalue weighted by Crippen LogP contribution is -2.31. The van der Waals surface area contributed by atoms with E-state index in [-0.39, 0.29) is 16.7 Å². The highest BCUT2D eigenvalue weighted by Crippen LogP contribution is 2.34. The summed E-state index contributed by atoms with van der Waals surface area (Å²) in [6, 6.07) is 5.57. The van der Waals surface area contributed by atoms with E-state index in [1.807, 2.05) is 19.9 Å². The first-order valence-electron chi connectivity index (χ1n) is 7.14. The molecule has 0 saturated carbocycles. The number of rotatable bonds is 6. The Bertz CT molecular complexity index is 488. The van der Waals surface area contributed by atoms with Gasteiger partial charge in [0.15, 0.2) is 0 Å². The first-order chi connectivity index (χ1) is 9.49. The first-order valence-corrected chi connectivity index (χ1v) is 7.14. The van der Waals surface area contributed by atoms with Crippen molar-refractivity contribution >= 4 is 11.4 Å². The Kier molecular flexibility index (Phi) is 4.60. The van der Waals surface area contributed by atoms with Gasteiger partial charge in [-0.2, -0.15) is 0 Å². The van der Waals surface area contributed by atoms with Gasteiger partial charge in [0.1, 0.15) is 0 Å². The molecule has 0 bridgehead atoms. The van der Waals surface area contributed by atoms with E-state index < -0.39 is 0 Å². The average molecular weight is 278 g/mol. The van der Waals surface area contributed by atoms with Crippen LogP contribution in [0.25, 0.3) is 0 Å². The van der Waals surface area contributed by atoms with Gasteiger partial charge in [-0.05, 0) is 45.2 Å². The van der Waals surface area contributed by atoms with Crippen LogP contribution in [0.5, 0.6) is 0 Å². The van der Waals surface area contributed by atoms with Crippen molar-refractivity contribution < 1.29 is 9.66 Å². The minimum atomic E-state index is -0.329. The number of hydrogen-bond donors (Lipinski definition) is 0. The number of anilines is 1. The summed E-state index contributed by atoms with van der Waals surface area (Å²) in [5.74, 6) is 0. The summed E-state index contributed by atoms with van der Waals surface area (Å²) in [5.41, 5.74) is 2.39. The first kappa shape index (κ1) is 14.8. The third-order valence-corrected chi connectivity index (χ3v) is 3.63. The van der Waals surface area contributed by atoms with Gasteiger partial charge in [0.05, 0.1) is 11.0 Å². The van der Waals surface area contributed by atoms with Gasteiger partial charge >= 0.3 is 0 Å². The smallest absolute Gasteiger partial charge is 0.269 e. The molecule has 0 radical (unpaired) electrons. The number of non-ortho nitro benzene ring substituents is 1. The second kappa shape index (κ2) is 6.22. The third kappa shape index (κ3) is 3.28. The standard InChI is InChI=1S/C15H22N2O3/c1-11(2)20-8-4-7-16-12(3)9-13-10-14(17(18)19)5-6-15(13)16/h5-6,10-12H,4,7-9H2,1-3H3/t12-/m1/s1. The molecule has 0 fully saturated rings. The van der Waals surface area contributed by atoms with Gasteiger partial charge in [-0.15, -0.1) is 0 Å². The lowest BCUT2D eigenvalue weighted by atomic mass is 10.1. The molecule has 110 valence electrons. The Hall–Kier alpha value is -1.62. The number of fused-ring (bicyclic) bond motifs is 1. The van der Waals surface area contributed by atoms with Gasteiger partial charge in [-0.1, -0.05) is 0 Å². The van der Waals surface area contributed by atoms with Gasteiger partial charge in [-0.3, -0.25) is 10.1 Å². The summed E-state index contributed by atoms with van der Waals surface area (Å²) >= 11 is 0. The fourth-order valence-corrected chi connectivity index (χ4v) is 2.69. The van der Waals surface area contributed by atoms with Crippen molar-refractivity contribution in [2.24, 2.45) is 0 Å². The number of hydrogen-bond acceptors (Lipinski definition) is 4. The van der Waals surface area contributed by atoms with Gasteiger partial charge in [0, 0.05) is 37.0 Å². The van der Waals surface area contributed by atoms with Gasteiger partial charge in [-0.25, -0.2) is 0 Å². The molecular formula is C15H22N2O3. The molecule has 0 saturated heterocycles. The van der Waals surface area contributed by atoms with Crippen LogP contribution in [0.1, 0.15) is 32.8 Å². The fraction of sp³-hybridized carbons (Fsp3) is 0.600. The molecule has 0 spiro atoms. The molecule has 1 heterocycles. The minimum absolute atomic E-state index is 0.181. The highest BCUT2D eigenvalue weighted by Gasteiger charge is 2.27. The quantitative estimate of drug-likeness (QED) is 0.455. The monoisotopic (exact) mass is 278 g/mol. The van der Waals surface area contributed by atoms with E-state index in [4.69, 9.17) is 4.74 Å². The average Bonchev–Trinajstić information content (AvgIpc) is 2.69. The Balaban J connectivity index is 2.01. The maximum atomic E-state index is 10.8. The zero-order valence-corrected chi connectivity index (χ0v) is 12.3. The molecule has 0 aliphatic carbocycles. The predicted octanol–water partition coefficient (Wildman–Crippen LogP) is 3.16. The van der Waals surface area contributed by atoms with Crippen molar-refractivity contribution in [2.45, 2.75) is 45.8 Å². The van der Waals surface area contributed by atoms with Crippen molar-refractivity contribution in [3.05, 3.63) is 33.9 Å². The lowest BCUT2D eigenvalue weighted by molar-refractivity contribution is -0.384. The Morgan fingerprint density at radius 1 is 1.50 bits per heavy atom. The molecule has 1 atom stereocenters. The van der Waals surface area contributed by atoms with Gasteiger partial charge in [0.25, 0.3) is 5.69 Å². The molecule has 2 rings (SSSR count). The van der Waals surface area contributed by atoms with Crippen LogP contribution in [0.3, 0.4) is 0 Å². The van der Waals surface area contributed by atoms with Crippen LogP contribution in [0, 0.1) is 10.1 Å². The van der Waals surface area contributed by atoms with Gasteiger partial charge in [0.2, 0.25) is 0 Å². The molecular weight excluding hydrogens is 256 g/mol. The second-order valence-electron chi connectivity index (χ2n) is 5.59. The van der Waals surface area contributed by atoms with Crippen molar-refractivity contribution in [1.82, 2.24) is 0 Å². The maximum absolute atomic E-state index is 10.8. The van der Waals surface area contributed by atoms with Crippen LogP contribution >= 0.6 is 0 Å². The van der Waals surface area contributed by atoms with Crippen LogP contribution in [0.2, 0.25) is 0 Å². The van der Waals surface area contributed by atoms with E-state index >= 15 is 0 Å². The zero-order valence-electron chi connectivity index (χ0n) is 12.3. The molecule has 0 unspecified atom stereocenters. The number of nitro groups is 1. The Morgan fingerprint density at radius 3 is 2.90 bits per heavy atom. The van der Waals surface area contributed by atoms with E-state index in [0.717, 1.165) is 37.2 Å². The lowest BCUT2D eigenvalue weighted by Gasteiger charge is -2.25. The number of nitro benzene ring substituents is 1. The topological polar surface area (TPSA) is 55.6 Å². The van der Waals surface area contributed by atoms with Crippen LogP contribution in [0.4, 0.5) is 11.4 Å². The minimum Gasteiger partial charge on any atom is -0.379 e. The molecule has 20 heavy (non-hydrogen) atoms. The van der Waals surface area contributed by atoms with Gasteiger partial charge < -0.3 is 9.64 Å². The summed E-state index contributed by atoms with van der Waals surface area (Å²) in [5, 5.41) is 10.8. The molecule has 1 aromatic rings. The van der Waals surface area contributed by atoms with Crippen LogP contribution in [-0.4, -0.2) is 30.2 Å². The normalized spacial score (nSPS) is 17.6. The number of ether oxygens (including phenoxy) is 1. The van der Waals surface area contributed by atoms with Crippen molar-refractivity contribution in [3.63, 3.8) is 0 Å². The summed E-state index contributed by atoms with van der Waals surface area (Å²) in [4.78, 5) is 12.8.